The fraction of sp³-hybridized carbons (Fsp3) is 0.438. The zero-order valence-electron chi connectivity index (χ0n) is 12.7. The van der Waals surface area contributed by atoms with E-state index in [4.69, 9.17) is 5.73 Å². The molecule has 1 unspecified atom stereocenters. The lowest BCUT2D eigenvalue weighted by molar-refractivity contribution is 0.631. The van der Waals surface area contributed by atoms with Gasteiger partial charge in [-0.15, -0.1) is 0 Å². The van der Waals surface area contributed by atoms with Crippen molar-refractivity contribution in [3.63, 3.8) is 0 Å². The van der Waals surface area contributed by atoms with Gasteiger partial charge in [0.15, 0.2) is 0 Å². The highest BCUT2D eigenvalue weighted by Crippen LogP contribution is 2.32. The molecule has 0 aliphatic rings. The molecule has 0 saturated heterocycles. The van der Waals surface area contributed by atoms with Crippen molar-refractivity contribution in [1.29, 1.82) is 0 Å². The molecule has 2 rings (SSSR count). The first-order chi connectivity index (χ1) is 9.51. The van der Waals surface area contributed by atoms with E-state index < -0.39 is 0 Å². The maximum absolute atomic E-state index is 6.12. The van der Waals surface area contributed by atoms with E-state index in [1.165, 1.54) is 21.0 Å². The van der Waals surface area contributed by atoms with Crippen molar-refractivity contribution >= 4 is 11.8 Å². The number of nitrogens with two attached hydrogens (primary N) is 1. The van der Waals surface area contributed by atoms with Crippen LogP contribution in [0.15, 0.2) is 34.2 Å². The largest absolute Gasteiger partial charge is 0.327 e. The second-order valence-corrected chi connectivity index (χ2v) is 6.34. The molecule has 0 aliphatic carbocycles. The van der Waals surface area contributed by atoms with Crippen molar-refractivity contribution in [2.45, 2.75) is 49.6 Å². The first-order valence-corrected chi connectivity index (χ1v) is 7.85. The molecule has 4 heteroatoms. The molecule has 1 aromatic heterocycles. The number of aromatic nitrogens is 2. The number of aryl methyl sites for hydroxylation is 3. The highest BCUT2D eigenvalue weighted by atomic mass is 32.2. The summed E-state index contributed by atoms with van der Waals surface area (Å²) in [5.41, 5.74) is 9.77. The van der Waals surface area contributed by atoms with Gasteiger partial charge in [-0.05, 0) is 38.8 Å². The lowest BCUT2D eigenvalue weighted by Crippen LogP contribution is -2.21. The van der Waals surface area contributed by atoms with Gasteiger partial charge in [0.2, 0.25) is 0 Å². The Hall–Kier alpha value is -1.26. The van der Waals surface area contributed by atoms with Crippen molar-refractivity contribution in [1.82, 2.24) is 9.78 Å². The molecule has 2 aromatic rings. The molecule has 108 valence electrons. The van der Waals surface area contributed by atoms with E-state index in [-0.39, 0.29) is 6.04 Å². The van der Waals surface area contributed by atoms with E-state index >= 15 is 0 Å². The summed E-state index contributed by atoms with van der Waals surface area (Å²) in [5, 5.41) is 5.76. The topological polar surface area (TPSA) is 43.8 Å². The molecule has 1 atom stereocenters. The van der Waals surface area contributed by atoms with E-state index in [0.29, 0.717) is 0 Å². The van der Waals surface area contributed by atoms with Gasteiger partial charge in [0, 0.05) is 23.5 Å². The SMILES string of the molecule is CCC(N)Cc1c(C)nn(C)c1Sc1ccc(C)cc1. The second kappa shape index (κ2) is 6.46. The molecular formula is C16H23N3S. The van der Waals surface area contributed by atoms with Gasteiger partial charge in [-0.3, -0.25) is 4.68 Å². The van der Waals surface area contributed by atoms with Crippen molar-refractivity contribution in [2.24, 2.45) is 12.8 Å². The summed E-state index contributed by atoms with van der Waals surface area (Å²) in [4.78, 5) is 1.24. The van der Waals surface area contributed by atoms with Gasteiger partial charge in [0.05, 0.1) is 5.69 Å². The monoisotopic (exact) mass is 289 g/mol. The molecule has 0 amide bonds. The Morgan fingerprint density at radius 1 is 1.25 bits per heavy atom. The fourth-order valence-electron chi connectivity index (χ4n) is 2.17. The summed E-state index contributed by atoms with van der Waals surface area (Å²) in [6, 6.07) is 8.80. The van der Waals surface area contributed by atoms with Crippen LogP contribution in [0.2, 0.25) is 0 Å². The second-order valence-electron chi connectivity index (χ2n) is 5.28. The average Bonchev–Trinajstić information content (AvgIpc) is 2.68. The van der Waals surface area contributed by atoms with Crippen LogP contribution in [0.3, 0.4) is 0 Å². The van der Waals surface area contributed by atoms with Gasteiger partial charge in [-0.25, -0.2) is 0 Å². The van der Waals surface area contributed by atoms with Gasteiger partial charge in [-0.2, -0.15) is 5.10 Å². The quantitative estimate of drug-likeness (QED) is 0.916. The lowest BCUT2D eigenvalue weighted by atomic mass is 10.1. The Labute approximate surface area is 125 Å². The number of nitrogens with zero attached hydrogens (tertiary/aromatic N) is 2. The Balaban J connectivity index is 2.28. The van der Waals surface area contributed by atoms with Crippen LogP contribution < -0.4 is 5.73 Å². The normalized spacial score (nSPS) is 12.7. The van der Waals surface area contributed by atoms with Crippen LogP contribution >= 0.6 is 11.8 Å². The molecule has 0 aliphatic heterocycles. The van der Waals surface area contributed by atoms with E-state index in [1.807, 2.05) is 11.7 Å². The first-order valence-electron chi connectivity index (χ1n) is 7.03. The molecule has 1 heterocycles. The zero-order valence-corrected chi connectivity index (χ0v) is 13.5. The minimum absolute atomic E-state index is 0.204. The smallest absolute Gasteiger partial charge is 0.102 e. The van der Waals surface area contributed by atoms with E-state index in [2.05, 4.69) is 50.1 Å². The number of benzene rings is 1. The summed E-state index contributed by atoms with van der Waals surface area (Å²) in [6.07, 6.45) is 1.88. The highest BCUT2D eigenvalue weighted by molar-refractivity contribution is 7.99. The predicted octanol–water partition coefficient (Wildman–Crippen LogP) is 3.47. The lowest BCUT2D eigenvalue weighted by Gasteiger charge is -2.11. The third-order valence-electron chi connectivity index (χ3n) is 3.52. The van der Waals surface area contributed by atoms with Crippen LogP contribution in [-0.4, -0.2) is 15.8 Å². The third-order valence-corrected chi connectivity index (χ3v) is 4.73. The summed E-state index contributed by atoms with van der Waals surface area (Å²) < 4.78 is 1.97. The average molecular weight is 289 g/mol. The Kier molecular flexibility index (Phi) is 4.89. The molecule has 0 fully saturated rings. The van der Waals surface area contributed by atoms with E-state index in [1.54, 1.807) is 11.8 Å². The Morgan fingerprint density at radius 3 is 2.50 bits per heavy atom. The maximum atomic E-state index is 6.12. The van der Waals surface area contributed by atoms with Crippen molar-refractivity contribution < 1.29 is 0 Å². The standard InChI is InChI=1S/C16H23N3S/c1-5-13(17)10-15-12(3)18-19(4)16(15)20-14-8-6-11(2)7-9-14/h6-9,13H,5,10,17H2,1-4H3. The van der Waals surface area contributed by atoms with Crippen molar-refractivity contribution in [3.8, 4) is 0 Å². The summed E-state index contributed by atoms with van der Waals surface area (Å²) in [5.74, 6) is 0. The predicted molar refractivity (Wildman–Crippen MR) is 85.2 cm³/mol. The minimum atomic E-state index is 0.204. The molecule has 0 radical (unpaired) electrons. The molecule has 0 saturated carbocycles. The van der Waals surface area contributed by atoms with Crippen LogP contribution in [0.4, 0.5) is 0 Å². The fourth-order valence-corrected chi connectivity index (χ4v) is 3.19. The minimum Gasteiger partial charge on any atom is -0.327 e. The first kappa shape index (κ1) is 15.1. The molecule has 3 nitrogen and oxygen atoms in total. The van der Waals surface area contributed by atoms with E-state index in [0.717, 1.165) is 18.5 Å². The molecule has 1 aromatic carbocycles. The van der Waals surface area contributed by atoms with E-state index in [9.17, 15) is 0 Å². The molecule has 2 N–H and O–H groups in total. The molecule has 0 spiro atoms. The Bertz CT molecular complexity index is 572. The van der Waals surface area contributed by atoms with Gasteiger partial charge < -0.3 is 5.73 Å². The number of rotatable bonds is 5. The molecular weight excluding hydrogens is 266 g/mol. The highest BCUT2D eigenvalue weighted by Gasteiger charge is 2.16. The molecule has 0 bridgehead atoms. The third kappa shape index (κ3) is 3.44. The van der Waals surface area contributed by atoms with Crippen molar-refractivity contribution in [2.75, 3.05) is 0 Å². The zero-order chi connectivity index (χ0) is 14.7. The van der Waals surface area contributed by atoms with Crippen LogP contribution in [0.5, 0.6) is 0 Å². The van der Waals surface area contributed by atoms with Gasteiger partial charge in [-0.1, -0.05) is 36.4 Å². The summed E-state index contributed by atoms with van der Waals surface area (Å²) in [6.45, 7) is 6.30. The summed E-state index contributed by atoms with van der Waals surface area (Å²) >= 11 is 1.77. The van der Waals surface area contributed by atoms with Crippen LogP contribution in [-0.2, 0) is 13.5 Å². The summed E-state index contributed by atoms with van der Waals surface area (Å²) in [7, 11) is 2.00. The Morgan fingerprint density at radius 2 is 1.90 bits per heavy atom. The van der Waals surface area contributed by atoms with Gasteiger partial charge in [0.1, 0.15) is 5.03 Å². The van der Waals surface area contributed by atoms with Crippen LogP contribution in [0.25, 0.3) is 0 Å². The number of hydrogen-bond donors (Lipinski definition) is 1. The number of hydrogen-bond acceptors (Lipinski definition) is 3. The molecule has 20 heavy (non-hydrogen) atoms. The van der Waals surface area contributed by atoms with Gasteiger partial charge >= 0.3 is 0 Å². The maximum Gasteiger partial charge on any atom is 0.102 e. The van der Waals surface area contributed by atoms with Gasteiger partial charge in [0.25, 0.3) is 0 Å². The van der Waals surface area contributed by atoms with Crippen LogP contribution in [0, 0.1) is 13.8 Å². The van der Waals surface area contributed by atoms with Crippen LogP contribution in [0.1, 0.15) is 30.2 Å². The van der Waals surface area contributed by atoms with Crippen molar-refractivity contribution in [3.05, 3.63) is 41.1 Å².